The number of aryl methyl sites for hydroxylation is 1. The lowest BCUT2D eigenvalue weighted by Crippen LogP contribution is -2.32. The fourth-order valence-electron chi connectivity index (χ4n) is 2.45. The second kappa shape index (κ2) is 5.54. The van der Waals surface area contributed by atoms with Gasteiger partial charge in [-0.3, -0.25) is 4.79 Å². The summed E-state index contributed by atoms with van der Waals surface area (Å²) in [5.41, 5.74) is 4.91. The molecule has 5 nitrogen and oxygen atoms in total. The molecule has 1 aliphatic heterocycles. The van der Waals surface area contributed by atoms with Gasteiger partial charge in [0.15, 0.2) is 0 Å². The van der Waals surface area contributed by atoms with Gasteiger partial charge in [0.05, 0.1) is 18.1 Å². The average Bonchev–Trinajstić information content (AvgIpc) is 2.77. The fraction of sp³-hybridized carbons (Fsp3) is 0.333. The number of hydrogen-bond acceptors (Lipinski definition) is 4. The molecule has 1 amide bonds. The largest absolute Gasteiger partial charge is 0.272 e. The standard InChI is InChI=1S/C15H14N4O/c1-9-3-5-11(6-4-9)14(12(7-16)8-17)13-10(2)18-19-15(13)20/h3-6,12-14H,1-2H3,(H,19,20)/t13-,14-/m1/s1. The third-order valence-electron chi connectivity index (χ3n) is 3.53. The molecule has 2 atom stereocenters. The molecule has 0 aromatic heterocycles. The van der Waals surface area contributed by atoms with Gasteiger partial charge < -0.3 is 0 Å². The fourth-order valence-corrected chi connectivity index (χ4v) is 2.45. The molecule has 100 valence electrons. The number of rotatable bonds is 3. The predicted molar refractivity (Wildman–Crippen MR) is 73.4 cm³/mol. The number of hydrogen-bond donors (Lipinski definition) is 1. The Balaban J connectivity index is 2.48. The number of benzene rings is 1. The van der Waals surface area contributed by atoms with E-state index in [1.807, 2.05) is 43.3 Å². The van der Waals surface area contributed by atoms with E-state index in [0.717, 1.165) is 11.1 Å². The smallest absolute Gasteiger partial charge is 0.249 e. The molecule has 1 heterocycles. The number of nitrogens with zero attached hydrogens (tertiary/aromatic N) is 3. The van der Waals surface area contributed by atoms with Gasteiger partial charge in [-0.15, -0.1) is 0 Å². The van der Waals surface area contributed by atoms with Crippen LogP contribution in [0.5, 0.6) is 0 Å². The first-order chi connectivity index (χ1) is 9.58. The highest BCUT2D eigenvalue weighted by Gasteiger charge is 2.40. The number of amides is 1. The lowest BCUT2D eigenvalue weighted by atomic mass is 9.76. The van der Waals surface area contributed by atoms with Crippen LogP contribution in [-0.2, 0) is 4.79 Å². The molecule has 0 spiro atoms. The Kier molecular flexibility index (Phi) is 3.81. The Morgan fingerprint density at radius 2 is 1.80 bits per heavy atom. The number of nitriles is 2. The van der Waals surface area contributed by atoms with Crippen molar-refractivity contribution in [1.29, 1.82) is 10.5 Å². The number of nitrogens with one attached hydrogen (secondary N) is 1. The summed E-state index contributed by atoms with van der Waals surface area (Å²) < 4.78 is 0. The number of carbonyl (C=O) groups excluding carboxylic acids is 1. The van der Waals surface area contributed by atoms with Crippen LogP contribution in [0.2, 0.25) is 0 Å². The molecule has 1 aromatic rings. The minimum Gasteiger partial charge on any atom is -0.272 e. The van der Waals surface area contributed by atoms with E-state index in [4.69, 9.17) is 0 Å². The summed E-state index contributed by atoms with van der Waals surface area (Å²) in [6, 6.07) is 11.5. The maximum atomic E-state index is 12.0. The molecule has 0 saturated carbocycles. The van der Waals surface area contributed by atoms with Gasteiger partial charge in [-0.05, 0) is 19.4 Å². The van der Waals surface area contributed by atoms with E-state index >= 15 is 0 Å². The molecule has 1 N–H and O–H groups in total. The summed E-state index contributed by atoms with van der Waals surface area (Å²) in [5.74, 6) is -2.22. The van der Waals surface area contributed by atoms with Crippen molar-refractivity contribution in [3.05, 3.63) is 35.4 Å². The Morgan fingerprint density at radius 1 is 1.20 bits per heavy atom. The Hall–Kier alpha value is -2.66. The zero-order valence-corrected chi connectivity index (χ0v) is 11.3. The Labute approximate surface area is 117 Å². The van der Waals surface area contributed by atoms with Crippen LogP contribution in [0.15, 0.2) is 29.4 Å². The minimum absolute atomic E-state index is 0.261. The van der Waals surface area contributed by atoms with Crippen molar-refractivity contribution >= 4 is 11.6 Å². The lowest BCUT2D eigenvalue weighted by Gasteiger charge is -2.23. The van der Waals surface area contributed by atoms with E-state index < -0.39 is 17.8 Å². The van der Waals surface area contributed by atoms with Crippen molar-refractivity contribution in [3.63, 3.8) is 0 Å². The molecular formula is C15H14N4O. The van der Waals surface area contributed by atoms with E-state index in [9.17, 15) is 15.3 Å². The van der Waals surface area contributed by atoms with Crippen molar-refractivity contribution in [2.24, 2.45) is 16.9 Å². The van der Waals surface area contributed by atoms with Crippen molar-refractivity contribution in [3.8, 4) is 12.1 Å². The lowest BCUT2D eigenvalue weighted by molar-refractivity contribution is -0.122. The molecule has 0 unspecified atom stereocenters. The first-order valence-corrected chi connectivity index (χ1v) is 6.28. The van der Waals surface area contributed by atoms with Crippen molar-refractivity contribution in [2.45, 2.75) is 19.8 Å². The van der Waals surface area contributed by atoms with Crippen LogP contribution in [0.1, 0.15) is 24.0 Å². The Morgan fingerprint density at radius 3 is 2.25 bits per heavy atom. The first kappa shape index (κ1) is 13.8. The highest BCUT2D eigenvalue weighted by atomic mass is 16.2. The summed E-state index contributed by atoms with van der Waals surface area (Å²) in [5, 5.41) is 22.3. The summed E-state index contributed by atoms with van der Waals surface area (Å²) in [7, 11) is 0. The average molecular weight is 266 g/mol. The Bertz CT molecular complexity index is 619. The van der Waals surface area contributed by atoms with Crippen LogP contribution < -0.4 is 5.43 Å². The first-order valence-electron chi connectivity index (χ1n) is 6.28. The molecule has 2 rings (SSSR count). The quantitative estimate of drug-likeness (QED) is 0.905. The van der Waals surface area contributed by atoms with E-state index in [-0.39, 0.29) is 5.91 Å². The van der Waals surface area contributed by atoms with E-state index in [0.29, 0.717) is 5.71 Å². The normalized spacial score (nSPS) is 18.9. The van der Waals surface area contributed by atoms with Crippen LogP contribution in [0.25, 0.3) is 0 Å². The van der Waals surface area contributed by atoms with Gasteiger partial charge in [-0.2, -0.15) is 15.6 Å². The van der Waals surface area contributed by atoms with Crippen LogP contribution in [0, 0.1) is 41.4 Å². The van der Waals surface area contributed by atoms with Crippen LogP contribution in [0.4, 0.5) is 0 Å². The van der Waals surface area contributed by atoms with Gasteiger partial charge in [0.25, 0.3) is 0 Å². The van der Waals surface area contributed by atoms with Gasteiger partial charge in [-0.1, -0.05) is 29.8 Å². The van der Waals surface area contributed by atoms with Crippen LogP contribution in [-0.4, -0.2) is 11.6 Å². The molecule has 0 bridgehead atoms. The van der Waals surface area contributed by atoms with Crippen molar-refractivity contribution < 1.29 is 4.79 Å². The van der Waals surface area contributed by atoms with Gasteiger partial charge in [-0.25, -0.2) is 5.43 Å². The summed E-state index contributed by atoms with van der Waals surface area (Å²) in [6.07, 6.45) is 0. The highest BCUT2D eigenvalue weighted by molar-refractivity contribution is 6.07. The minimum atomic E-state index is -0.892. The molecule has 5 heteroatoms. The number of carbonyl (C=O) groups is 1. The molecule has 0 radical (unpaired) electrons. The van der Waals surface area contributed by atoms with E-state index in [2.05, 4.69) is 10.5 Å². The maximum absolute atomic E-state index is 12.0. The summed E-state index contributed by atoms with van der Waals surface area (Å²) >= 11 is 0. The SMILES string of the molecule is CC1=NNC(=O)[C@H]1[C@H](c1ccc(C)cc1)C(C#N)C#N. The van der Waals surface area contributed by atoms with Gasteiger partial charge >= 0.3 is 0 Å². The maximum Gasteiger partial charge on any atom is 0.249 e. The van der Waals surface area contributed by atoms with Gasteiger partial charge in [0.2, 0.25) is 5.91 Å². The second-order valence-corrected chi connectivity index (χ2v) is 4.88. The summed E-state index contributed by atoms with van der Waals surface area (Å²) in [4.78, 5) is 12.0. The molecule has 1 aliphatic rings. The monoisotopic (exact) mass is 266 g/mol. The predicted octanol–water partition coefficient (Wildman–Crippen LogP) is 1.86. The van der Waals surface area contributed by atoms with Gasteiger partial charge in [0, 0.05) is 11.6 Å². The second-order valence-electron chi connectivity index (χ2n) is 4.88. The van der Waals surface area contributed by atoms with Crippen molar-refractivity contribution in [2.75, 3.05) is 0 Å². The molecule has 0 aliphatic carbocycles. The topological polar surface area (TPSA) is 89.0 Å². The zero-order valence-electron chi connectivity index (χ0n) is 11.3. The molecule has 1 aromatic carbocycles. The molecule has 20 heavy (non-hydrogen) atoms. The third kappa shape index (κ3) is 2.39. The third-order valence-corrected chi connectivity index (χ3v) is 3.53. The van der Waals surface area contributed by atoms with E-state index in [1.165, 1.54) is 0 Å². The highest BCUT2D eigenvalue weighted by Crippen LogP contribution is 2.34. The van der Waals surface area contributed by atoms with Crippen LogP contribution >= 0.6 is 0 Å². The number of hydrazone groups is 1. The molecule has 0 saturated heterocycles. The van der Waals surface area contributed by atoms with E-state index in [1.54, 1.807) is 6.92 Å². The van der Waals surface area contributed by atoms with Crippen molar-refractivity contribution in [1.82, 2.24) is 5.43 Å². The summed E-state index contributed by atoms with van der Waals surface area (Å²) in [6.45, 7) is 3.69. The van der Waals surface area contributed by atoms with Gasteiger partial charge in [0.1, 0.15) is 5.92 Å². The zero-order chi connectivity index (χ0) is 14.7. The van der Waals surface area contributed by atoms with Crippen LogP contribution in [0.3, 0.4) is 0 Å². The molecular weight excluding hydrogens is 252 g/mol. The molecule has 0 fully saturated rings.